The van der Waals surface area contributed by atoms with E-state index < -0.39 is 24.2 Å². The molecule has 0 aromatic heterocycles. The Labute approximate surface area is 163 Å². The third-order valence-electron chi connectivity index (χ3n) is 3.24. The lowest BCUT2D eigenvalue weighted by Gasteiger charge is -2.11. The molecule has 3 N–H and O–H groups in total. The van der Waals surface area contributed by atoms with E-state index in [1.807, 2.05) is 0 Å². The van der Waals surface area contributed by atoms with Gasteiger partial charge in [0.15, 0.2) is 6.61 Å². The molecule has 0 radical (unpaired) electrons. The molecule has 0 bridgehead atoms. The third kappa shape index (κ3) is 6.00. The number of amides is 1. The van der Waals surface area contributed by atoms with Crippen LogP contribution in [0.4, 0.5) is 20.2 Å². The van der Waals surface area contributed by atoms with Crippen LogP contribution in [0.25, 0.3) is 0 Å². The van der Waals surface area contributed by atoms with Gasteiger partial charge in [-0.1, -0.05) is 23.4 Å². The molecule has 2 aromatic rings. The Kier molecular flexibility index (Phi) is 7.26. The van der Waals surface area contributed by atoms with E-state index in [0.29, 0.717) is 22.3 Å². The Morgan fingerprint density at radius 2 is 1.93 bits per heavy atom. The third-order valence-corrected chi connectivity index (χ3v) is 4.29. The van der Waals surface area contributed by atoms with Gasteiger partial charge >= 0.3 is 5.97 Å². The largest absolute Gasteiger partial charge is 0.496 e. The fourth-order valence-electron chi connectivity index (χ4n) is 2.02. The molecule has 0 unspecified atom stereocenters. The smallest absolute Gasteiger partial charge is 0.342 e. The van der Waals surface area contributed by atoms with Crippen LogP contribution in [-0.2, 0) is 9.53 Å². The quantitative estimate of drug-likeness (QED) is 0.402. The molecule has 0 saturated heterocycles. The average molecular weight is 417 g/mol. The Balaban J connectivity index is 1.93. The standard InChI is InChI=1S/C17H15ClF2N2O4S/c1-25-14-7-13(21)12(18)6-11(14)16(24)26-8-15(23)22-9-2-4-10(5-3-9)27-17(19)20/h2-7,17H,8,21H2,1H3,(H,22,23). The average Bonchev–Trinajstić information content (AvgIpc) is 2.62. The number of ether oxygens (including phenoxy) is 2. The van der Waals surface area contributed by atoms with Crippen LogP contribution in [0.5, 0.6) is 5.75 Å². The highest BCUT2D eigenvalue weighted by Crippen LogP contribution is 2.29. The number of nitrogen functional groups attached to an aromatic ring is 1. The van der Waals surface area contributed by atoms with Gasteiger partial charge in [0.05, 0.1) is 17.8 Å². The first kappa shape index (κ1) is 20.8. The van der Waals surface area contributed by atoms with E-state index in [2.05, 4.69) is 5.32 Å². The van der Waals surface area contributed by atoms with Crippen LogP contribution in [0.1, 0.15) is 10.4 Å². The van der Waals surface area contributed by atoms with Crippen molar-refractivity contribution < 1.29 is 27.8 Å². The van der Waals surface area contributed by atoms with E-state index >= 15 is 0 Å². The van der Waals surface area contributed by atoms with E-state index in [9.17, 15) is 18.4 Å². The van der Waals surface area contributed by atoms with Gasteiger partial charge in [-0.2, -0.15) is 8.78 Å². The van der Waals surface area contributed by atoms with Crippen molar-refractivity contribution in [3.05, 3.63) is 47.0 Å². The second kappa shape index (κ2) is 9.43. The molecule has 144 valence electrons. The van der Waals surface area contributed by atoms with Crippen molar-refractivity contribution in [2.45, 2.75) is 10.7 Å². The van der Waals surface area contributed by atoms with E-state index in [0.717, 1.165) is 0 Å². The predicted octanol–water partition coefficient (Wildman–Crippen LogP) is 4.04. The Bertz CT molecular complexity index is 834. The number of methoxy groups -OCH3 is 1. The highest BCUT2D eigenvalue weighted by molar-refractivity contribution is 7.99. The minimum absolute atomic E-state index is 0.0258. The van der Waals surface area contributed by atoms with Gasteiger partial charge in [0.25, 0.3) is 11.7 Å². The summed E-state index contributed by atoms with van der Waals surface area (Å²) in [4.78, 5) is 24.4. The van der Waals surface area contributed by atoms with E-state index in [1.165, 1.54) is 43.5 Å². The molecule has 1 amide bonds. The zero-order valence-corrected chi connectivity index (χ0v) is 15.6. The number of esters is 1. The van der Waals surface area contributed by atoms with E-state index in [-0.39, 0.29) is 22.0 Å². The molecular weight excluding hydrogens is 402 g/mol. The molecule has 27 heavy (non-hydrogen) atoms. The number of alkyl halides is 2. The van der Waals surface area contributed by atoms with Crippen LogP contribution >= 0.6 is 23.4 Å². The number of halogens is 3. The predicted molar refractivity (Wildman–Crippen MR) is 99.6 cm³/mol. The first-order chi connectivity index (χ1) is 12.8. The fourth-order valence-corrected chi connectivity index (χ4v) is 2.69. The summed E-state index contributed by atoms with van der Waals surface area (Å²) in [5.74, 6) is -3.77. The van der Waals surface area contributed by atoms with Crippen molar-refractivity contribution >= 4 is 46.6 Å². The monoisotopic (exact) mass is 416 g/mol. The number of anilines is 2. The second-order valence-corrected chi connectivity index (χ2v) is 6.57. The maximum Gasteiger partial charge on any atom is 0.342 e. The zero-order chi connectivity index (χ0) is 20.0. The molecule has 0 spiro atoms. The zero-order valence-electron chi connectivity index (χ0n) is 14.0. The minimum Gasteiger partial charge on any atom is -0.496 e. The molecule has 10 heteroatoms. The SMILES string of the molecule is COc1cc(N)c(Cl)cc1C(=O)OCC(=O)Nc1ccc(SC(F)F)cc1. The number of nitrogens with one attached hydrogen (secondary N) is 1. The molecule has 0 aliphatic carbocycles. The molecular formula is C17H15ClF2N2O4S. The summed E-state index contributed by atoms with van der Waals surface area (Å²) in [5, 5.41) is 2.64. The number of carbonyl (C=O) groups excluding carboxylic acids is 2. The molecule has 6 nitrogen and oxygen atoms in total. The van der Waals surface area contributed by atoms with Gasteiger partial charge in [0.2, 0.25) is 0 Å². The molecule has 2 rings (SSSR count). The van der Waals surface area contributed by atoms with Crippen LogP contribution in [0.15, 0.2) is 41.3 Å². The summed E-state index contributed by atoms with van der Waals surface area (Å²) in [7, 11) is 1.35. The lowest BCUT2D eigenvalue weighted by molar-refractivity contribution is -0.119. The number of thioether (sulfide) groups is 1. The van der Waals surface area contributed by atoms with Crippen LogP contribution in [-0.4, -0.2) is 31.4 Å². The van der Waals surface area contributed by atoms with Crippen molar-refractivity contribution in [2.24, 2.45) is 0 Å². The molecule has 0 fully saturated rings. The minimum atomic E-state index is -2.52. The molecule has 0 aliphatic rings. The van der Waals surface area contributed by atoms with E-state index in [1.54, 1.807) is 0 Å². The molecule has 2 aromatic carbocycles. The Morgan fingerprint density at radius 3 is 2.52 bits per heavy atom. The summed E-state index contributed by atoms with van der Waals surface area (Å²) < 4.78 is 34.5. The number of benzene rings is 2. The topological polar surface area (TPSA) is 90.7 Å². The number of hydrogen-bond acceptors (Lipinski definition) is 6. The van der Waals surface area contributed by atoms with Crippen molar-refractivity contribution in [1.29, 1.82) is 0 Å². The lowest BCUT2D eigenvalue weighted by atomic mass is 10.2. The Hall–Kier alpha value is -2.52. The van der Waals surface area contributed by atoms with Crippen molar-refractivity contribution in [2.75, 3.05) is 24.8 Å². The van der Waals surface area contributed by atoms with Gasteiger partial charge in [-0.15, -0.1) is 0 Å². The van der Waals surface area contributed by atoms with E-state index in [4.69, 9.17) is 26.8 Å². The van der Waals surface area contributed by atoms with Gasteiger partial charge in [0.1, 0.15) is 11.3 Å². The van der Waals surface area contributed by atoms with Crippen LogP contribution < -0.4 is 15.8 Å². The van der Waals surface area contributed by atoms with Crippen LogP contribution in [0, 0.1) is 0 Å². The number of hydrogen-bond donors (Lipinski definition) is 2. The number of nitrogens with two attached hydrogens (primary N) is 1. The lowest BCUT2D eigenvalue weighted by Crippen LogP contribution is -2.21. The maximum absolute atomic E-state index is 12.3. The van der Waals surface area contributed by atoms with Gasteiger partial charge in [-0.25, -0.2) is 4.79 Å². The van der Waals surface area contributed by atoms with Gasteiger partial charge in [0, 0.05) is 16.6 Å². The maximum atomic E-state index is 12.3. The summed E-state index contributed by atoms with van der Waals surface area (Å²) >= 11 is 6.28. The first-order valence-electron chi connectivity index (χ1n) is 7.45. The van der Waals surface area contributed by atoms with Crippen molar-refractivity contribution in [1.82, 2.24) is 0 Å². The molecule has 0 aliphatic heterocycles. The fraction of sp³-hybridized carbons (Fsp3) is 0.176. The van der Waals surface area contributed by atoms with Crippen molar-refractivity contribution in [3.63, 3.8) is 0 Å². The highest BCUT2D eigenvalue weighted by Gasteiger charge is 2.18. The van der Waals surface area contributed by atoms with Crippen LogP contribution in [0.2, 0.25) is 5.02 Å². The number of carbonyl (C=O) groups is 2. The summed E-state index contributed by atoms with van der Waals surface area (Å²) in [6.07, 6.45) is 0. The molecule has 0 heterocycles. The highest BCUT2D eigenvalue weighted by atomic mass is 35.5. The normalized spacial score (nSPS) is 10.6. The van der Waals surface area contributed by atoms with Gasteiger partial charge in [-0.3, -0.25) is 4.79 Å². The summed E-state index contributed by atoms with van der Waals surface area (Å²) in [6.45, 7) is -0.558. The summed E-state index contributed by atoms with van der Waals surface area (Å²) in [5.41, 5.74) is 6.28. The number of rotatable bonds is 7. The summed E-state index contributed by atoms with van der Waals surface area (Å²) in [6, 6.07) is 8.48. The second-order valence-electron chi connectivity index (χ2n) is 5.10. The van der Waals surface area contributed by atoms with Gasteiger partial charge in [-0.05, 0) is 30.3 Å². The van der Waals surface area contributed by atoms with Crippen molar-refractivity contribution in [3.8, 4) is 5.75 Å². The first-order valence-corrected chi connectivity index (χ1v) is 8.70. The molecule has 0 atom stereocenters. The van der Waals surface area contributed by atoms with Gasteiger partial charge < -0.3 is 20.5 Å². The van der Waals surface area contributed by atoms with Crippen LogP contribution in [0.3, 0.4) is 0 Å². The molecule has 0 saturated carbocycles. The Morgan fingerprint density at radius 1 is 1.26 bits per heavy atom.